The van der Waals surface area contributed by atoms with E-state index in [1.807, 2.05) is 36.9 Å². The van der Waals surface area contributed by atoms with Crippen molar-refractivity contribution in [1.29, 1.82) is 0 Å². The number of carbonyl (C=O) groups excluding carboxylic acids is 1. The first-order valence-corrected chi connectivity index (χ1v) is 6.68. The van der Waals surface area contributed by atoms with Crippen LogP contribution >= 0.6 is 0 Å². The van der Waals surface area contributed by atoms with E-state index in [1.54, 1.807) is 0 Å². The summed E-state index contributed by atoms with van der Waals surface area (Å²) in [5.74, 6) is 5.53. The van der Waals surface area contributed by atoms with Gasteiger partial charge < -0.3 is 10.0 Å². The smallest absolute Gasteiger partial charge is 0.255 e. The Morgan fingerprint density at radius 2 is 2.21 bits per heavy atom. The van der Waals surface area contributed by atoms with E-state index in [0.29, 0.717) is 17.2 Å². The third kappa shape index (κ3) is 3.15. The van der Waals surface area contributed by atoms with Crippen LogP contribution in [0, 0.1) is 18.8 Å². The standard InChI is InChI=1S/C16H19NO2/c1-3-17(14-8-9-14)16(19)15-11-12(2)6-7-13(15)5-4-10-18/h6-7,11,14,18H,3,8-10H2,1-2H3. The highest BCUT2D eigenvalue weighted by Crippen LogP contribution is 2.28. The maximum Gasteiger partial charge on any atom is 0.255 e. The molecule has 0 atom stereocenters. The third-order valence-corrected chi connectivity index (χ3v) is 3.30. The summed E-state index contributed by atoms with van der Waals surface area (Å²) in [4.78, 5) is 14.5. The maximum atomic E-state index is 12.6. The molecule has 1 saturated carbocycles. The Labute approximate surface area is 114 Å². The van der Waals surface area contributed by atoms with E-state index >= 15 is 0 Å². The van der Waals surface area contributed by atoms with Crippen LogP contribution in [0.1, 0.15) is 41.3 Å². The van der Waals surface area contributed by atoms with Crippen LogP contribution in [-0.2, 0) is 0 Å². The topological polar surface area (TPSA) is 40.5 Å². The Hall–Kier alpha value is -1.79. The summed E-state index contributed by atoms with van der Waals surface area (Å²) < 4.78 is 0. The van der Waals surface area contributed by atoms with Crippen molar-refractivity contribution >= 4 is 5.91 Å². The number of aliphatic hydroxyl groups excluding tert-OH is 1. The molecule has 1 N–H and O–H groups in total. The zero-order valence-corrected chi connectivity index (χ0v) is 11.4. The van der Waals surface area contributed by atoms with E-state index < -0.39 is 0 Å². The molecule has 0 radical (unpaired) electrons. The van der Waals surface area contributed by atoms with Gasteiger partial charge in [0.05, 0.1) is 5.56 Å². The Balaban J connectivity index is 2.35. The predicted octanol–water partition coefficient (Wildman–Crippen LogP) is 1.96. The molecular formula is C16H19NO2. The van der Waals surface area contributed by atoms with Crippen LogP contribution in [0.4, 0.5) is 0 Å². The van der Waals surface area contributed by atoms with Gasteiger partial charge in [-0.3, -0.25) is 4.79 Å². The maximum absolute atomic E-state index is 12.6. The molecule has 2 rings (SSSR count). The highest BCUT2D eigenvalue weighted by molar-refractivity contribution is 5.97. The Bertz CT molecular complexity index is 535. The summed E-state index contributed by atoms with van der Waals surface area (Å²) in [5, 5.41) is 8.80. The van der Waals surface area contributed by atoms with E-state index in [4.69, 9.17) is 5.11 Å². The Morgan fingerprint density at radius 3 is 2.79 bits per heavy atom. The van der Waals surface area contributed by atoms with Crippen molar-refractivity contribution in [3.63, 3.8) is 0 Å². The lowest BCUT2D eigenvalue weighted by atomic mass is 10.0. The highest BCUT2D eigenvalue weighted by atomic mass is 16.2. The third-order valence-electron chi connectivity index (χ3n) is 3.30. The molecule has 1 fully saturated rings. The van der Waals surface area contributed by atoms with Gasteiger partial charge in [-0.2, -0.15) is 0 Å². The monoisotopic (exact) mass is 257 g/mol. The van der Waals surface area contributed by atoms with E-state index in [1.165, 1.54) is 0 Å². The number of benzene rings is 1. The van der Waals surface area contributed by atoms with E-state index in [-0.39, 0.29) is 12.5 Å². The number of hydrogen-bond donors (Lipinski definition) is 1. The molecule has 19 heavy (non-hydrogen) atoms. The molecule has 0 saturated heterocycles. The second-order valence-electron chi connectivity index (χ2n) is 4.83. The van der Waals surface area contributed by atoms with Crippen molar-refractivity contribution in [1.82, 2.24) is 4.90 Å². The molecule has 0 heterocycles. The first-order chi connectivity index (χ1) is 9.17. The van der Waals surface area contributed by atoms with E-state index in [9.17, 15) is 4.79 Å². The summed E-state index contributed by atoms with van der Waals surface area (Å²) in [6.45, 7) is 4.50. The summed E-state index contributed by atoms with van der Waals surface area (Å²) >= 11 is 0. The summed E-state index contributed by atoms with van der Waals surface area (Å²) in [7, 11) is 0. The van der Waals surface area contributed by atoms with Crippen LogP contribution in [0.5, 0.6) is 0 Å². The number of amides is 1. The molecule has 1 aromatic rings. The SMILES string of the molecule is CCN(C(=O)c1cc(C)ccc1C#CCO)C1CC1. The van der Waals surface area contributed by atoms with E-state index in [2.05, 4.69) is 11.8 Å². The molecule has 100 valence electrons. The molecule has 1 aliphatic carbocycles. The lowest BCUT2D eigenvalue weighted by Gasteiger charge is -2.21. The number of aryl methyl sites for hydroxylation is 1. The van der Waals surface area contributed by atoms with Crippen LogP contribution < -0.4 is 0 Å². The molecule has 1 aromatic carbocycles. The van der Waals surface area contributed by atoms with Gasteiger partial charge in [-0.05, 0) is 38.8 Å². The zero-order chi connectivity index (χ0) is 13.8. The van der Waals surface area contributed by atoms with Gasteiger partial charge in [0.25, 0.3) is 5.91 Å². The summed E-state index contributed by atoms with van der Waals surface area (Å²) in [6.07, 6.45) is 2.20. The number of rotatable bonds is 3. The Kier molecular flexibility index (Phi) is 4.24. The molecule has 0 aromatic heterocycles. The van der Waals surface area contributed by atoms with Crippen molar-refractivity contribution < 1.29 is 9.90 Å². The molecule has 1 aliphatic rings. The minimum absolute atomic E-state index is 0.0518. The van der Waals surface area contributed by atoms with Crippen LogP contribution in [-0.4, -0.2) is 35.1 Å². The molecule has 0 bridgehead atoms. The molecule has 0 spiro atoms. The first-order valence-electron chi connectivity index (χ1n) is 6.68. The zero-order valence-electron chi connectivity index (χ0n) is 11.4. The van der Waals surface area contributed by atoms with Gasteiger partial charge in [0.15, 0.2) is 0 Å². The van der Waals surface area contributed by atoms with Crippen molar-refractivity contribution in [2.24, 2.45) is 0 Å². The lowest BCUT2D eigenvalue weighted by molar-refractivity contribution is 0.0752. The van der Waals surface area contributed by atoms with Crippen LogP contribution in [0.2, 0.25) is 0 Å². The van der Waals surface area contributed by atoms with Gasteiger partial charge in [-0.1, -0.05) is 23.5 Å². The second kappa shape index (κ2) is 5.90. The van der Waals surface area contributed by atoms with Gasteiger partial charge in [-0.15, -0.1) is 0 Å². The fourth-order valence-electron chi connectivity index (χ4n) is 2.19. The number of carbonyl (C=O) groups is 1. The van der Waals surface area contributed by atoms with Crippen LogP contribution in [0.25, 0.3) is 0 Å². The van der Waals surface area contributed by atoms with Gasteiger partial charge in [0.2, 0.25) is 0 Å². The molecule has 0 aliphatic heterocycles. The average Bonchev–Trinajstić information content (AvgIpc) is 3.22. The minimum atomic E-state index is -0.193. The van der Waals surface area contributed by atoms with Crippen LogP contribution in [0.15, 0.2) is 18.2 Å². The summed E-state index contributed by atoms with van der Waals surface area (Å²) in [6, 6.07) is 6.07. The number of aliphatic hydroxyl groups is 1. The van der Waals surface area contributed by atoms with Crippen molar-refractivity contribution in [2.45, 2.75) is 32.7 Å². The largest absolute Gasteiger partial charge is 0.384 e. The minimum Gasteiger partial charge on any atom is -0.384 e. The summed E-state index contributed by atoms with van der Waals surface area (Å²) in [5.41, 5.74) is 2.39. The first kappa shape index (κ1) is 13.6. The highest BCUT2D eigenvalue weighted by Gasteiger charge is 2.32. The molecule has 0 unspecified atom stereocenters. The van der Waals surface area contributed by atoms with Crippen molar-refractivity contribution in [2.75, 3.05) is 13.2 Å². The average molecular weight is 257 g/mol. The van der Waals surface area contributed by atoms with Crippen molar-refractivity contribution in [3.8, 4) is 11.8 Å². The van der Waals surface area contributed by atoms with Crippen molar-refractivity contribution in [3.05, 3.63) is 34.9 Å². The molecule has 3 heteroatoms. The molecule has 1 amide bonds. The lowest BCUT2D eigenvalue weighted by Crippen LogP contribution is -2.33. The van der Waals surface area contributed by atoms with Gasteiger partial charge in [-0.25, -0.2) is 0 Å². The molecular weight excluding hydrogens is 238 g/mol. The predicted molar refractivity (Wildman–Crippen MR) is 74.9 cm³/mol. The fraction of sp³-hybridized carbons (Fsp3) is 0.438. The van der Waals surface area contributed by atoms with Gasteiger partial charge >= 0.3 is 0 Å². The van der Waals surface area contributed by atoms with Gasteiger partial charge in [0.1, 0.15) is 6.61 Å². The second-order valence-corrected chi connectivity index (χ2v) is 4.83. The van der Waals surface area contributed by atoms with E-state index in [0.717, 1.165) is 24.9 Å². The Morgan fingerprint density at radius 1 is 1.47 bits per heavy atom. The fourth-order valence-corrected chi connectivity index (χ4v) is 2.19. The number of nitrogens with zero attached hydrogens (tertiary/aromatic N) is 1. The molecule has 3 nitrogen and oxygen atoms in total. The quantitative estimate of drug-likeness (QED) is 0.841. The normalized spacial score (nSPS) is 13.6. The van der Waals surface area contributed by atoms with Crippen LogP contribution in [0.3, 0.4) is 0 Å². The number of hydrogen-bond acceptors (Lipinski definition) is 2. The van der Waals surface area contributed by atoms with Gasteiger partial charge in [0, 0.05) is 18.2 Å².